The molecule has 0 saturated carbocycles. The van der Waals surface area contributed by atoms with Crippen LogP contribution in [0.3, 0.4) is 0 Å². The Morgan fingerprint density at radius 1 is 1.30 bits per heavy atom. The highest BCUT2D eigenvalue weighted by molar-refractivity contribution is 5.97. The van der Waals surface area contributed by atoms with Gasteiger partial charge in [0.2, 0.25) is 5.91 Å². The average Bonchev–Trinajstić information content (AvgIpc) is 2.41. The Morgan fingerprint density at radius 2 is 1.90 bits per heavy atom. The van der Waals surface area contributed by atoms with Crippen molar-refractivity contribution in [1.29, 1.82) is 0 Å². The van der Waals surface area contributed by atoms with Gasteiger partial charge in [-0.1, -0.05) is 18.2 Å². The summed E-state index contributed by atoms with van der Waals surface area (Å²) in [4.78, 5) is 14.3. The summed E-state index contributed by atoms with van der Waals surface area (Å²) in [7, 11) is 0. The summed E-state index contributed by atoms with van der Waals surface area (Å²) in [6.07, 6.45) is 1.60. The lowest BCUT2D eigenvalue weighted by Crippen LogP contribution is -2.52. The lowest BCUT2D eigenvalue weighted by Gasteiger charge is -2.39. The zero-order valence-corrected chi connectivity index (χ0v) is 12.1. The monoisotopic (exact) mass is 277 g/mol. The number of ether oxygens (including phenoxy) is 1. The fraction of sp³-hybridized carbons (Fsp3) is 0.438. The fourth-order valence-corrected chi connectivity index (χ4v) is 2.50. The minimum absolute atomic E-state index is 0.0372. The first-order valence-electron chi connectivity index (χ1n) is 6.84. The number of benzene rings is 1. The van der Waals surface area contributed by atoms with Crippen molar-refractivity contribution in [1.82, 2.24) is 4.90 Å². The number of morpholine rings is 1. The van der Waals surface area contributed by atoms with Crippen molar-refractivity contribution in [2.24, 2.45) is 0 Å². The van der Waals surface area contributed by atoms with Crippen molar-refractivity contribution in [3.63, 3.8) is 0 Å². The zero-order valence-electron chi connectivity index (χ0n) is 12.1. The molecule has 1 fully saturated rings. The first-order chi connectivity index (χ1) is 9.50. The second-order valence-electron chi connectivity index (χ2n) is 5.30. The number of carbonyl (C=O) groups excluding carboxylic acids is 1. The molecular formula is C16H20FNO2. The standard InChI is InChI=1S/C16H20FNO2/c1-11(8-14-6-4-5-7-15(14)17)16(19)18-12(2)9-20-10-13(18)3/h4-8,12-13H,9-10H2,1-3H3/b11-8+. The van der Waals surface area contributed by atoms with Crippen LogP contribution in [0.5, 0.6) is 0 Å². The number of halogens is 1. The van der Waals surface area contributed by atoms with Crippen molar-refractivity contribution < 1.29 is 13.9 Å². The molecular weight excluding hydrogens is 257 g/mol. The van der Waals surface area contributed by atoms with Crippen LogP contribution in [-0.4, -0.2) is 36.1 Å². The Morgan fingerprint density at radius 3 is 2.50 bits per heavy atom. The lowest BCUT2D eigenvalue weighted by molar-refractivity contribution is -0.139. The highest BCUT2D eigenvalue weighted by Crippen LogP contribution is 2.18. The molecule has 2 unspecified atom stereocenters. The van der Waals surface area contributed by atoms with E-state index >= 15 is 0 Å². The minimum atomic E-state index is -0.317. The van der Waals surface area contributed by atoms with Gasteiger partial charge in [0, 0.05) is 11.1 Å². The molecule has 0 radical (unpaired) electrons. The predicted molar refractivity (Wildman–Crippen MR) is 76.6 cm³/mol. The lowest BCUT2D eigenvalue weighted by atomic mass is 10.1. The normalized spacial score (nSPS) is 23.8. The van der Waals surface area contributed by atoms with E-state index in [0.717, 1.165) is 0 Å². The molecule has 3 nitrogen and oxygen atoms in total. The third-order valence-corrected chi connectivity index (χ3v) is 3.52. The van der Waals surface area contributed by atoms with Gasteiger partial charge in [-0.3, -0.25) is 4.79 Å². The molecule has 20 heavy (non-hydrogen) atoms. The quantitative estimate of drug-likeness (QED) is 0.778. The van der Waals surface area contributed by atoms with E-state index in [-0.39, 0.29) is 23.8 Å². The van der Waals surface area contributed by atoms with Crippen LogP contribution in [0, 0.1) is 5.82 Å². The van der Waals surface area contributed by atoms with Gasteiger partial charge >= 0.3 is 0 Å². The van der Waals surface area contributed by atoms with Gasteiger partial charge in [-0.05, 0) is 32.9 Å². The molecule has 108 valence electrons. The van der Waals surface area contributed by atoms with Crippen LogP contribution in [0.15, 0.2) is 29.8 Å². The Kier molecular flexibility index (Phi) is 4.55. The number of amides is 1. The van der Waals surface area contributed by atoms with Gasteiger partial charge in [0.1, 0.15) is 5.82 Å². The molecule has 0 aromatic heterocycles. The maximum atomic E-state index is 13.6. The Balaban J connectivity index is 2.22. The first-order valence-corrected chi connectivity index (χ1v) is 6.84. The van der Waals surface area contributed by atoms with Crippen molar-refractivity contribution in [2.75, 3.05) is 13.2 Å². The topological polar surface area (TPSA) is 29.5 Å². The van der Waals surface area contributed by atoms with E-state index in [1.807, 2.05) is 18.7 Å². The summed E-state index contributed by atoms with van der Waals surface area (Å²) in [5.41, 5.74) is 0.975. The van der Waals surface area contributed by atoms with Gasteiger partial charge in [0.05, 0.1) is 25.3 Å². The molecule has 1 heterocycles. The van der Waals surface area contributed by atoms with Crippen LogP contribution >= 0.6 is 0 Å². The highest BCUT2D eigenvalue weighted by atomic mass is 19.1. The van der Waals surface area contributed by atoms with Crippen molar-refractivity contribution in [3.05, 3.63) is 41.2 Å². The molecule has 1 saturated heterocycles. The molecule has 0 bridgehead atoms. The number of carbonyl (C=O) groups is 1. The maximum Gasteiger partial charge on any atom is 0.250 e. The van der Waals surface area contributed by atoms with Crippen LogP contribution in [0.1, 0.15) is 26.3 Å². The smallest absolute Gasteiger partial charge is 0.250 e. The van der Waals surface area contributed by atoms with Gasteiger partial charge in [-0.2, -0.15) is 0 Å². The van der Waals surface area contributed by atoms with Crippen LogP contribution in [0.2, 0.25) is 0 Å². The maximum absolute atomic E-state index is 13.6. The molecule has 1 aromatic rings. The second-order valence-corrected chi connectivity index (χ2v) is 5.30. The van der Waals surface area contributed by atoms with E-state index in [4.69, 9.17) is 4.74 Å². The number of rotatable bonds is 2. The van der Waals surface area contributed by atoms with E-state index in [0.29, 0.717) is 24.4 Å². The molecule has 2 atom stereocenters. The van der Waals surface area contributed by atoms with Crippen LogP contribution in [0.25, 0.3) is 6.08 Å². The molecule has 2 rings (SSSR count). The zero-order chi connectivity index (χ0) is 14.7. The van der Waals surface area contributed by atoms with Gasteiger partial charge in [0.15, 0.2) is 0 Å². The number of hydrogen-bond acceptors (Lipinski definition) is 2. The first kappa shape index (κ1) is 14.7. The summed E-state index contributed by atoms with van der Waals surface area (Å²) in [5.74, 6) is -0.376. The van der Waals surface area contributed by atoms with Gasteiger partial charge in [-0.15, -0.1) is 0 Å². The predicted octanol–water partition coefficient (Wildman–Crippen LogP) is 2.86. The van der Waals surface area contributed by atoms with Crippen LogP contribution < -0.4 is 0 Å². The van der Waals surface area contributed by atoms with Gasteiger partial charge in [-0.25, -0.2) is 4.39 Å². The van der Waals surface area contributed by atoms with Crippen molar-refractivity contribution >= 4 is 12.0 Å². The van der Waals surface area contributed by atoms with Crippen molar-refractivity contribution in [2.45, 2.75) is 32.9 Å². The van der Waals surface area contributed by atoms with E-state index in [1.54, 1.807) is 31.2 Å². The number of hydrogen-bond donors (Lipinski definition) is 0. The minimum Gasteiger partial charge on any atom is -0.377 e. The van der Waals surface area contributed by atoms with Crippen LogP contribution in [-0.2, 0) is 9.53 Å². The molecule has 0 spiro atoms. The third kappa shape index (κ3) is 3.07. The van der Waals surface area contributed by atoms with E-state index in [9.17, 15) is 9.18 Å². The van der Waals surface area contributed by atoms with E-state index in [1.165, 1.54) is 6.07 Å². The average molecular weight is 277 g/mol. The highest BCUT2D eigenvalue weighted by Gasteiger charge is 2.30. The summed E-state index contributed by atoms with van der Waals surface area (Å²) >= 11 is 0. The molecule has 1 aromatic carbocycles. The molecule has 1 aliphatic rings. The summed E-state index contributed by atoms with van der Waals surface area (Å²) < 4.78 is 19.0. The Bertz CT molecular complexity index is 517. The molecule has 4 heteroatoms. The Hall–Kier alpha value is -1.68. The van der Waals surface area contributed by atoms with Gasteiger partial charge < -0.3 is 9.64 Å². The third-order valence-electron chi connectivity index (χ3n) is 3.52. The SMILES string of the molecule is C/C(=C\c1ccccc1F)C(=O)N1C(C)COCC1C. The van der Waals surface area contributed by atoms with Crippen LogP contribution in [0.4, 0.5) is 4.39 Å². The molecule has 0 aliphatic carbocycles. The van der Waals surface area contributed by atoms with Gasteiger partial charge in [0.25, 0.3) is 0 Å². The molecule has 0 N–H and O–H groups in total. The summed E-state index contributed by atoms with van der Waals surface area (Å²) in [5, 5.41) is 0. The summed E-state index contributed by atoms with van der Waals surface area (Å²) in [6, 6.07) is 6.52. The summed E-state index contributed by atoms with van der Waals surface area (Å²) in [6.45, 7) is 6.74. The molecule has 1 amide bonds. The fourth-order valence-electron chi connectivity index (χ4n) is 2.50. The number of nitrogens with zero attached hydrogens (tertiary/aromatic N) is 1. The van der Waals surface area contributed by atoms with Crippen molar-refractivity contribution in [3.8, 4) is 0 Å². The van der Waals surface area contributed by atoms with E-state index in [2.05, 4.69) is 0 Å². The Labute approximate surface area is 119 Å². The second kappa shape index (κ2) is 6.18. The van der Waals surface area contributed by atoms with E-state index < -0.39 is 0 Å². The molecule has 1 aliphatic heterocycles. The largest absolute Gasteiger partial charge is 0.377 e.